The molecule has 1 aromatic rings. The van der Waals surface area contributed by atoms with Gasteiger partial charge >= 0.3 is 0 Å². The predicted molar refractivity (Wildman–Crippen MR) is 64.8 cm³/mol. The normalized spacial score (nSPS) is 12.7. The molecule has 1 rings (SSSR count). The Morgan fingerprint density at radius 1 is 1.56 bits per heavy atom. The van der Waals surface area contributed by atoms with Crippen molar-refractivity contribution in [1.29, 1.82) is 0 Å². The second kappa shape index (κ2) is 7.33. The molecule has 0 aliphatic rings. The molecule has 0 saturated heterocycles. The van der Waals surface area contributed by atoms with Gasteiger partial charge in [0.25, 0.3) is 0 Å². The topological polar surface area (TPSA) is 60.2 Å². The number of aromatic nitrogens is 1. The Kier molecular flexibility index (Phi) is 6.00. The molecule has 4 heteroatoms. The molecule has 0 amide bonds. The fraction of sp³-hybridized carbons (Fsp3) is 0.583. The van der Waals surface area contributed by atoms with Crippen molar-refractivity contribution < 1.29 is 4.74 Å². The minimum absolute atomic E-state index is 0.161. The molecule has 1 heterocycles. The highest BCUT2D eigenvalue weighted by molar-refractivity contribution is 5.24. The first kappa shape index (κ1) is 13.1. The molecule has 0 aliphatic heterocycles. The van der Waals surface area contributed by atoms with Crippen LogP contribution in [0.5, 0.6) is 0 Å². The second-order valence-corrected chi connectivity index (χ2v) is 3.79. The average Bonchev–Trinajstić information content (AvgIpc) is 2.31. The number of rotatable bonds is 7. The lowest BCUT2D eigenvalue weighted by Crippen LogP contribution is -2.28. The van der Waals surface area contributed by atoms with Crippen molar-refractivity contribution >= 4 is 0 Å². The van der Waals surface area contributed by atoms with Crippen LogP contribution in [-0.4, -0.2) is 18.2 Å². The van der Waals surface area contributed by atoms with Gasteiger partial charge in [-0.25, -0.2) is 0 Å². The Morgan fingerprint density at radius 3 is 3.00 bits per heavy atom. The number of pyridine rings is 1. The summed E-state index contributed by atoms with van der Waals surface area (Å²) in [7, 11) is 0. The summed E-state index contributed by atoms with van der Waals surface area (Å²) in [4.78, 5) is 4.13. The van der Waals surface area contributed by atoms with E-state index in [1.165, 1.54) is 11.1 Å². The number of hydrogen-bond acceptors (Lipinski definition) is 4. The summed E-state index contributed by atoms with van der Waals surface area (Å²) in [5, 5.41) is 0. The van der Waals surface area contributed by atoms with Gasteiger partial charge in [-0.2, -0.15) is 0 Å². The number of nitrogens with zero attached hydrogens (tertiary/aromatic N) is 1. The van der Waals surface area contributed by atoms with Crippen LogP contribution < -0.4 is 11.3 Å². The lowest BCUT2D eigenvalue weighted by atomic mass is 10.0. The molecule has 0 bridgehead atoms. The minimum Gasteiger partial charge on any atom is -0.382 e. The van der Waals surface area contributed by atoms with E-state index in [4.69, 9.17) is 10.6 Å². The van der Waals surface area contributed by atoms with Gasteiger partial charge in [-0.05, 0) is 43.9 Å². The van der Waals surface area contributed by atoms with Crippen LogP contribution in [0.2, 0.25) is 0 Å². The van der Waals surface area contributed by atoms with E-state index < -0.39 is 0 Å². The molecular weight excluding hydrogens is 202 g/mol. The van der Waals surface area contributed by atoms with Crippen LogP contribution in [0.3, 0.4) is 0 Å². The number of nitrogens with two attached hydrogens (primary N) is 1. The number of ether oxygens (including phenoxy) is 1. The third-order valence-corrected chi connectivity index (χ3v) is 2.64. The summed E-state index contributed by atoms with van der Waals surface area (Å²) in [6.45, 7) is 5.63. The van der Waals surface area contributed by atoms with Gasteiger partial charge in [-0.1, -0.05) is 0 Å². The smallest absolute Gasteiger partial charge is 0.0478 e. The van der Waals surface area contributed by atoms with E-state index in [2.05, 4.69) is 17.3 Å². The number of nitrogens with one attached hydrogen (secondary N) is 1. The zero-order valence-electron chi connectivity index (χ0n) is 10.1. The Labute approximate surface area is 97.2 Å². The van der Waals surface area contributed by atoms with Crippen LogP contribution in [0.25, 0.3) is 0 Å². The summed E-state index contributed by atoms with van der Waals surface area (Å²) >= 11 is 0. The van der Waals surface area contributed by atoms with Gasteiger partial charge in [0, 0.05) is 31.6 Å². The second-order valence-electron chi connectivity index (χ2n) is 3.79. The van der Waals surface area contributed by atoms with Crippen LogP contribution in [0.1, 0.15) is 36.9 Å². The van der Waals surface area contributed by atoms with Gasteiger partial charge in [0.05, 0.1) is 0 Å². The highest BCUT2D eigenvalue weighted by Crippen LogP contribution is 2.19. The molecule has 1 unspecified atom stereocenters. The predicted octanol–water partition coefficient (Wildman–Crippen LogP) is 1.71. The van der Waals surface area contributed by atoms with E-state index in [0.29, 0.717) is 0 Å². The largest absolute Gasteiger partial charge is 0.382 e. The van der Waals surface area contributed by atoms with Crippen molar-refractivity contribution in [3.8, 4) is 0 Å². The maximum Gasteiger partial charge on any atom is 0.0478 e. The first-order chi connectivity index (χ1) is 7.79. The van der Waals surface area contributed by atoms with Gasteiger partial charge in [-0.15, -0.1) is 0 Å². The van der Waals surface area contributed by atoms with Crippen LogP contribution in [0.4, 0.5) is 0 Å². The number of aryl methyl sites for hydroxylation is 1. The zero-order valence-corrected chi connectivity index (χ0v) is 10.1. The molecule has 90 valence electrons. The van der Waals surface area contributed by atoms with Crippen LogP contribution in [0, 0.1) is 6.92 Å². The Balaban J connectivity index is 2.51. The molecule has 0 spiro atoms. The van der Waals surface area contributed by atoms with E-state index in [-0.39, 0.29) is 6.04 Å². The third kappa shape index (κ3) is 3.89. The van der Waals surface area contributed by atoms with Crippen molar-refractivity contribution in [3.05, 3.63) is 29.6 Å². The third-order valence-electron chi connectivity index (χ3n) is 2.64. The summed E-state index contributed by atoms with van der Waals surface area (Å²) in [6, 6.07) is 2.16. The minimum atomic E-state index is 0.161. The number of hydrogen-bond donors (Lipinski definition) is 2. The first-order valence-corrected chi connectivity index (χ1v) is 5.74. The van der Waals surface area contributed by atoms with Gasteiger partial charge < -0.3 is 4.74 Å². The van der Waals surface area contributed by atoms with E-state index in [1.54, 1.807) is 6.20 Å². The van der Waals surface area contributed by atoms with Crippen molar-refractivity contribution in [2.75, 3.05) is 13.2 Å². The lowest BCUT2D eigenvalue weighted by Gasteiger charge is -2.17. The van der Waals surface area contributed by atoms with Gasteiger partial charge in [0.2, 0.25) is 0 Å². The first-order valence-electron chi connectivity index (χ1n) is 5.74. The number of hydrazine groups is 1. The van der Waals surface area contributed by atoms with Crippen molar-refractivity contribution in [3.63, 3.8) is 0 Å². The van der Waals surface area contributed by atoms with Gasteiger partial charge in [-0.3, -0.25) is 16.3 Å². The standard InChI is InChI=1S/C12H21N3O/c1-3-16-8-4-5-12(15-13)11-9-14-7-6-10(11)2/h6-7,9,12,15H,3-5,8,13H2,1-2H3. The summed E-state index contributed by atoms with van der Waals surface area (Å²) in [5.41, 5.74) is 5.23. The van der Waals surface area contributed by atoms with E-state index in [1.807, 2.05) is 19.2 Å². The van der Waals surface area contributed by atoms with Crippen molar-refractivity contribution in [1.82, 2.24) is 10.4 Å². The van der Waals surface area contributed by atoms with E-state index >= 15 is 0 Å². The monoisotopic (exact) mass is 223 g/mol. The fourth-order valence-corrected chi connectivity index (χ4v) is 1.70. The average molecular weight is 223 g/mol. The highest BCUT2D eigenvalue weighted by atomic mass is 16.5. The summed E-state index contributed by atoms with van der Waals surface area (Å²) in [5.74, 6) is 5.57. The van der Waals surface area contributed by atoms with Crippen molar-refractivity contribution in [2.45, 2.75) is 32.7 Å². The van der Waals surface area contributed by atoms with E-state index in [9.17, 15) is 0 Å². The molecule has 4 nitrogen and oxygen atoms in total. The molecule has 0 fully saturated rings. The maximum absolute atomic E-state index is 5.57. The highest BCUT2D eigenvalue weighted by Gasteiger charge is 2.11. The Morgan fingerprint density at radius 2 is 2.38 bits per heavy atom. The maximum atomic E-state index is 5.57. The Hall–Kier alpha value is -0.970. The Bertz CT molecular complexity index is 304. The van der Waals surface area contributed by atoms with Crippen LogP contribution in [0.15, 0.2) is 18.5 Å². The SMILES string of the molecule is CCOCCCC(NN)c1cnccc1C. The van der Waals surface area contributed by atoms with Crippen LogP contribution >= 0.6 is 0 Å². The van der Waals surface area contributed by atoms with Crippen molar-refractivity contribution in [2.24, 2.45) is 5.84 Å². The van der Waals surface area contributed by atoms with Gasteiger partial charge in [0.15, 0.2) is 0 Å². The van der Waals surface area contributed by atoms with E-state index in [0.717, 1.165) is 26.1 Å². The molecule has 0 saturated carbocycles. The molecule has 1 atom stereocenters. The molecule has 0 radical (unpaired) electrons. The van der Waals surface area contributed by atoms with Crippen LogP contribution in [-0.2, 0) is 4.74 Å². The molecule has 0 aromatic carbocycles. The zero-order chi connectivity index (χ0) is 11.8. The van der Waals surface area contributed by atoms with Gasteiger partial charge in [0.1, 0.15) is 0 Å². The molecule has 0 aliphatic carbocycles. The summed E-state index contributed by atoms with van der Waals surface area (Å²) < 4.78 is 5.31. The lowest BCUT2D eigenvalue weighted by molar-refractivity contribution is 0.141. The molecule has 1 aromatic heterocycles. The molecule has 16 heavy (non-hydrogen) atoms. The fourth-order valence-electron chi connectivity index (χ4n) is 1.70. The molecule has 3 N–H and O–H groups in total. The summed E-state index contributed by atoms with van der Waals surface area (Å²) in [6.07, 6.45) is 5.63. The molecular formula is C12H21N3O. The quantitative estimate of drug-likeness (QED) is 0.420.